The predicted molar refractivity (Wildman–Crippen MR) is 120 cm³/mol. The lowest BCUT2D eigenvalue weighted by Gasteiger charge is -2.34. The van der Waals surface area contributed by atoms with Gasteiger partial charge in [0, 0.05) is 57.0 Å². The van der Waals surface area contributed by atoms with Gasteiger partial charge < -0.3 is 9.64 Å². The number of ether oxygens (including phenoxy) is 1. The van der Waals surface area contributed by atoms with Crippen molar-refractivity contribution in [3.63, 3.8) is 0 Å². The summed E-state index contributed by atoms with van der Waals surface area (Å²) in [6.07, 6.45) is 8.20. The number of hydrogen-bond donors (Lipinski definition) is 0. The molecule has 31 heavy (non-hydrogen) atoms. The molecule has 158 valence electrons. The van der Waals surface area contributed by atoms with E-state index in [2.05, 4.69) is 28.2 Å². The fourth-order valence-corrected chi connectivity index (χ4v) is 4.14. The minimum Gasteiger partial charge on any atom is -0.493 e. The van der Waals surface area contributed by atoms with Crippen LogP contribution in [0.4, 0.5) is 0 Å². The van der Waals surface area contributed by atoms with E-state index in [1.165, 1.54) is 11.1 Å². The van der Waals surface area contributed by atoms with Crippen molar-refractivity contribution >= 4 is 12.0 Å². The Balaban J connectivity index is 1.13. The van der Waals surface area contributed by atoms with Crippen LogP contribution >= 0.6 is 0 Å². The number of carbonyl (C=O) groups is 1. The molecule has 0 N–H and O–H groups in total. The largest absolute Gasteiger partial charge is 0.493 e. The lowest BCUT2D eigenvalue weighted by Crippen LogP contribution is -2.47. The van der Waals surface area contributed by atoms with Crippen LogP contribution in [0.3, 0.4) is 0 Å². The van der Waals surface area contributed by atoms with Crippen LogP contribution in [-0.2, 0) is 17.8 Å². The zero-order valence-corrected chi connectivity index (χ0v) is 17.5. The third-order valence-corrected chi connectivity index (χ3v) is 5.89. The molecule has 1 saturated heterocycles. The first-order valence-electron chi connectivity index (χ1n) is 10.8. The van der Waals surface area contributed by atoms with Crippen LogP contribution in [-0.4, -0.2) is 58.3 Å². The first-order chi connectivity index (χ1) is 15.2. The number of piperazine rings is 1. The summed E-state index contributed by atoms with van der Waals surface area (Å²) in [5.41, 5.74) is 4.54. The predicted octanol–water partition coefficient (Wildman–Crippen LogP) is 3.16. The summed E-state index contributed by atoms with van der Waals surface area (Å²) < 4.78 is 7.41. The third kappa shape index (κ3) is 4.54. The van der Waals surface area contributed by atoms with Gasteiger partial charge in [0.2, 0.25) is 5.91 Å². The number of aromatic nitrogens is 2. The molecule has 1 aromatic heterocycles. The average molecular weight is 415 g/mol. The summed E-state index contributed by atoms with van der Waals surface area (Å²) >= 11 is 0. The molecule has 3 heterocycles. The molecule has 0 radical (unpaired) electrons. The highest BCUT2D eigenvalue weighted by molar-refractivity contribution is 5.91. The van der Waals surface area contributed by atoms with Gasteiger partial charge in [-0.25, -0.2) is 4.68 Å². The van der Waals surface area contributed by atoms with Gasteiger partial charge in [-0.1, -0.05) is 30.3 Å². The van der Waals surface area contributed by atoms with Crippen LogP contribution in [0.5, 0.6) is 5.75 Å². The first kappa shape index (κ1) is 19.6. The molecule has 0 spiro atoms. The smallest absolute Gasteiger partial charge is 0.246 e. The van der Waals surface area contributed by atoms with Crippen molar-refractivity contribution in [3.8, 4) is 11.4 Å². The Morgan fingerprint density at radius 1 is 1.06 bits per heavy atom. The lowest BCUT2D eigenvalue weighted by atomic mass is 10.1. The van der Waals surface area contributed by atoms with Gasteiger partial charge >= 0.3 is 0 Å². The lowest BCUT2D eigenvalue weighted by molar-refractivity contribution is -0.127. The molecule has 0 bridgehead atoms. The molecule has 0 unspecified atom stereocenters. The normalized spacial score (nSPS) is 16.5. The third-order valence-electron chi connectivity index (χ3n) is 5.89. The fraction of sp³-hybridized carbons (Fsp3) is 0.280. The van der Waals surface area contributed by atoms with E-state index < -0.39 is 0 Å². The van der Waals surface area contributed by atoms with Crippen LogP contribution in [0.25, 0.3) is 11.8 Å². The van der Waals surface area contributed by atoms with E-state index in [1.54, 1.807) is 12.3 Å². The molecule has 1 fully saturated rings. The van der Waals surface area contributed by atoms with E-state index in [0.29, 0.717) is 0 Å². The van der Waals surface area contributed by atoms with Gasteiger partial charge in [0.1, 0.15) is 5.75 Å². The molecule has 6 heteroatoms. The van der Waals surface area contributed by atoms with E-state index in [9.17, 15) is 4.79 Å². The van der Waals surface area contributed by atoms with E-state index in [1.807, 2.05) is 52.2 Å². The number of nitrogens with zero attached hydrogens (tertiary/aromatic N) is 4. The van der Waals surface area contributed by atoms with Gasteiger partial charge in [-0.15, -0.1) is 0 Å². The summed E-state index contributed by atoms with van der Waals surface area (Å²) in [5, 5.41) is 4.37. The van der Waals surface area contributed by atoms with Crippen molar-refractivity contribution in [2.24, 2.45) is 0 Å². The summed E-state index contributed by atoms with van der Waals surface area (Å²) in [4.78, 5) is 17.0. The highest BCUT2D eigenvalue weighted by Crippen LogP contribution is 2.26. The minimum atomic E-state index is 0.0572. The Morgan fingerprint density at radius 2 is 1.90 bits per heavy atom. The zero-order valence-electron chi connectivity index (χ0n) is 17.5. The molecular formula is C25H26N4O2. The van der Waals surface area contributed by atoms with Crippen LogP contribution in [0, 0.1) is 0 Å². The van der Waals surface area contributed by atoms with Crippen molar-refractivity contribution in [2.45, 2.75) is 13.0 Å². The van der Waals surface area contributed by atoms with Crippen molar-refractivity contribution in [3.05, 3.63) is 83.7 Å². The zero-order chi connectivity index (χ0) is 21.0. The highest BCUT2D eigenvalue weighted by Gasteiger charge is 2.20. The number of amides is 1. The maximum atomic E-state index is 12.6. The Kier molecular flexibility index (Phi) is 5.54. The van der Waals surface area contributed by atoms with E-state index in [-0.39, 0.29) is 5.91 Å². The second-order valence-corrected chi connectivity index (χ2v) is 8.03. The standard InChI is InChI=1S/C25H26N4O2/c30-25(9-7-21-17-26-29(19-21)23-4-2-1-3-5-23)28-13-11-27(12-14-28)18-20-6-8-24-22(16-20)10-15-31-24/h1-9,16-17,19H,10-15,18H2/b9-7+. The fourth-order valence-electron chi connectivity index (χ4n) is 4.14. The second-order valence-electron chi connectivity index (χ2n) is 8.03. The Labute approximate surface area is 182 Å². The molecular weight excluding hydrogens is 388 g/mol. The summed E-state index contributed by atoms with van der Waals surface area (Å²) in [6.45, 7) is 4.99. The number of rotatable bonds is 5. The Hall–Kier alpha value is -3.38. The van der Waals surface area contributed by atoms with Gasteiger partial charge in [0.25, 0.3) is 0 Å². The van der Waals surface area contributed by atoms with Crippen LogP contribution < -0.4 is 4.74 Å². The topological polar surface area (TPSA) is 50.6 Å². The summed E-state index contributed by atoms with van der Waals surface area (Å²) in [5.74, 6) is 1.09. The summed E-state index contributed by atoms with van der Waals surface area (Å²) in [7, 11) is 0. The molecule has 3 aromatic rings. The average Bonchev–Trinajstić information content (AvgIpc) is 3.48. The van der Waals surface area contributed by atoms with Crippen LogP contribution in [0.15, 0.2) is 67.0 Å². The van der Waals surface area contributed by atoms with Crippen molar-refractivity contribution in [1.29, 1.82) is 0 Å². The number of benzene rings is 2. The Morgan fingerprint density at radius 3 is 2.74 bits per heavy atom. The maximum Gasteiger partial charge on any atom is 0.246 e. The maximum absolute atomic E-state index is 12.6. The van der Waals surface area contributed by atoms with Gasteiger partial charge in [0.05, 0.1) is 18.5 Å². The number of hydrogen-bond acceptors (Lipinski definition) is 4. The molecule has 2 aromatic carbocycles. The van der Waals surface area contributed by atoms with Crippen molar-refractivity contribution in [2.75, 3.05) is 32.8 Å². The van der Waals surface area contributed by atoms with Gasteiger partial charge in [-0.05, 0) is 35.4 Å². The molecule has 0 saturated carbocycles. The minimum absolute atomic E-state index is 0.0572. The first-order valence-corrected chi connectivity index (χ1v) is 10.8. The monoisotopic (exact) mass is 414 g/mol. The van der Waals surface area contributed by atoms with Crippen molar-refractivity contribution in [1.82, 2.24) is 19.6 Å². The van der Waals surface area contributed by atoms with Gasteiger partial charge in [-0.3, -0.25) is 9.69 Å². The Bertz CT molecular complexity index is 1080. The van der Waals surface area contributed by atoms with Gasteiger partial charge in [-0.2, -0.15) is 5.10 Å². The molecule has 2 aliphatic heterocycles. The molecule has 0 aliphatic carbocycles. The van der Waals surface area contributed by atoms with E-state index in [0.717, 1.165) is 62.8 Å². The molecule has 6 nitrogen and oxygen atoms in total. The van der Waals surface area contributed by atoms with Crippen molar-refractivity contribution < 1.29 is 9.53 Å². The number of carbonyl (C=O) groups excluding carboxylic acids is 1. The molecule has 0 atom stereocenters. The number of fused-ring (bicyclic) bond motifs is 1. The molecule has 2 aliphatic rings. The quantitative estimate of drug-likeness (QED) is 0.602. The highest BCUT2D eigenvalue weighted by atomic mass is 16.5. The van der Waals surface area contributed by atoms with Gasteiger partial charge in [0.15, 0.2) is 0 Å². The van der Waals surface area contributed by atoms with Crippen LogP contribution in [0.1, 0.15) is 16.7 Å². The number of para-hydroxylation sites is 1. The molecule has 1 amide bonds. The SMILES string of the molecule is O=C(/C=C/c1cnn(-c2ccccc2)c1)N1CCN(Cc2ccc3c(c2)CCO3)CC1. The van der Waals surface area contributed by atoms with E-state index in [4.69, 9.17) is 4.74 Å². The van der Waals surface area contributed by atoms with E-state index >= 15 is 0 Å². The second kappa shape index (κ2) is 8.78. The molecule has 5 rings (SSSR count). The van der Waals surface area contributed by atoms with Crippen LogP contribution in [0.2, 0.25) is 0 Å². The summed E-state index contributed by atoms with van der Waals surface area (Å²) in [6, 6.07) is 16.4.